The molecule has 2 aromatic heterocycles. The quantitative estimate of drug-likeness (QED) is 0.490. The van der Waals surface area contributed by atoms with Gasteiger partial charge in [-0.1, -0.05) is 37.3 Å². The SMILES string of the molecule is Cc1cn(CC(O)(CC(C)(CC2=COCO2)Cc2ccccc2)C(F)(F)F)c2cccnc2c1=O. The van der Waals surface area contributed by atoms with Crippen LogP contribution in [0.25, 0.3) is 11.0 Å². The summed E-state index contributed by atoms with van der Waals surface area (Å²) in [6, 6.07) is 12.2. The number of hydrogen-bond donors (Lipinski definition) is 1. The van der Waals surface area contributed by atoms with E-state index in [4.69, 9.17) is 9.47 Å². The minimum absolute atomic E-state index is 0.00987. The average molecular weight is 489 g/mol. The van der Waals surface area contributed by atoms with Crippen LogP contribution in [0.5, 0.6) is 0 Å². The van der Waals surface area contributed by atoms with Gasteiger partial charge in [0.05, 0.1) is 12.1 Å². The predicted molar refractivity (Wildman–Crippen MR) is 124 cm³/mol. The summed E-state index contributed by atoms with van der Waals surface area (Å²) in [7, 11) is 0. The van der Waals surface area contributed by atoms with Gasteiger partial charge in [-0.3, -0.25) is 9.78 Å². The van der Waals surface area contributed by atoms with Gasteiger partial charge in [0.2, 0.25) is 12.2 Å². The van der Waals surface area contributed by atoms with Crippen LogP contribution < -0.4 is 5.43 Å². The van der Waals surface area contributed by atoms with Crippen LogP contribution in [0, 0.1) is 12.3 Å². The molecule has 0 spiro atoms. The molecule has 1 aliphatic rings. The van der Waals surface area contributed by atoms with E-state index in [0.717, 1.165) is 5.56 Å². The van der Waals surface area contributed by atoms with Gasteiger partial charge in [0.15, 0.2) is 5.60 Å². The molecule has 1 N–H and O–H groups in total. The Hall–Kier alpha value is -3.33. The van der Waals surface area contributed by atoms with E-state index in [2.05, 4.69) is 4.98 Å². The number of hydrogen-bond acceptors (Lipinski definition) is 5. The standard InChI is InChI=1S/C26H27F3N2O4/c1-18-13-31(21-9-6-10-30-22(21)23(18)32)16-25(33,26(27,28)29)15-24(2,12-20-14-34-17-35-20)11-19-7-4-3-5-8-19/h3-10,13-14,33H,11-12,15-17H2,1-2H3. The Balaban J connectivity index is 1.75. The number of aliphatic hydroxyl groups is 1. The molecule has 0 radical (unpaired) electrons. The van der Waals surface area contributed by atoms with E-state index in [0.29, 0.717) is 5.76 Å². The molecule has 0 saturated carbocycles. The molecule has 4 rings (SSSR count). The normalized spacial score (nSPS) is 17.3. The largest absolute Gasteiger partial charge is 0.462 e. The van der Waals surface area contributed by atoms with E-state index in [1.165, 1.54) is 36.2 Å². The zero-order valence-corrected chi connectivity index (χ0v) is 19.5. The van der Waals surface area contributed by atoms with Gasteiger partial charge in [-0.05, 0) is 42.9 Å². The summed E-state index contributed by atoms with van der Waals surface area (Å²) in [6.45, 7) is 2.44. The summed E-state index contributed by atoms with van der Waals surface area (Å²) in [5.41, 5.74) is -3.11. The first kappa shape index (κ1) is 24.8. The second kappa shape index (κ2) is 9.37. The van der Waals surface area contributed by atoms with Gasteiger partial charge in [0.25, 0.3) is 0 Å². The fraction of sp³-hybridized carbons (Fsp3) is 0.385. The number of nitrogens with zero attached hydrogens (tertiary/aromatic N) is 2. The first-order valence-electron chi connectivity index (χ1n) is 11.2. The van der Waals surface area contributed by atoms with Crippen molar-refractivity contribution in [1.29, 1.82) is 0 Å². The molecule has 9 heteroatoms. The zero-order valence-electron chi connectivity index (χ0n) is 19.5. The maximum atomic E-state index is 14.5. The number of aryl methyl sites for hydroxylation is 1. The van der Waals surface area contributed by atoms with E-state index in [1.807, 2.05) is 30.3 Å². The number of pyridine rings is 2. The maximum absolute atomic E-state index is 14.5. The Morgan fingerprint density at radius 1 is 1.11 bits per heavy atom. The molecule has 0 bridgehead atoms. The van der Waals surface area contributed by atoms with E-state index in [-0.39, 0.29) is 41.7 Å². The molecule has 0 amide bonds. The van der Waals surface area contributed by atoms with E-state index in [9.17, 15) is 23.1 Å². The molecular formula is C26H27F3N2O4. The predicted octanol–water partition coefficient (Wildman–Crippen LogP) is 4.87. The molecule has 2 atom stereocenters. The van der Waals surface area contributed by atoms with Crippen molar-refractivity contribution in [2.75, 3.05) is 6.79 Å². The van der Waals surface area contributed by atoms with Crippen molar-refractivity contribution in [3.8, 4) is 0 Å². The van der Waals surface area contributed by atoms with Gasteiger partial charge in [0, 0.05) is 24.4 Å². The first-order chi connectivity index (χ1) is 16.5. The zero-order chi connectivity index (χ0) is 25.3. The summed E-state index contributed by atoms with van der Waals surface area (Å²) < 4.78 is 55.4. The molecule has 3 heterocycles. The lowest BCUT2D eigenvalue weighted by Gasteiger charge is -2.40. The number of rotatable bonds is 8. The second-order valence-electron chi connectivity index (χ2n) is 9.51. The van der Waals surface area contributed by atoms with E-state index < -0.39 is 30.2 Å². The third-order valence-electron chi connectivity index (χ3n) is 6.30. The maximum Gasteiger partial charge on any atom is 0.418 e. The van der Waals surface area contributed by atoms with Crippen LogP contribution in [0.15, 0.2) is 71.7 Å². The minimum atomic E-state index is -4.95. The Kier molecular flexibility index (Phi) is 6.64. The third kappa shape index (κ3) is 5.35. The summed E-state index contributed by atoms with van der Waals surface area (Å²) in [4.78, 5) is 16.5. The van der Waals surface area contributed by atoms with Crippen molar-refractivity contribution in [3.63, 3.8) is 0 Å². The lowest BCUT2D eigenvalue weighted by atomic mass is 9.71. The highest BCUT2D eigenvalue weighted by Gasteiger charge is 2.56. The highest BCUT2D eigenvalue weighted by Crippen LogP contribution is 2.45. The Morgan fingerprint density at radius 3 is 2.51 bits per heavy atom. The van der Waals surface area contributed by atoms with Crippen molar-refractivity contribution in [2.24, 2.45) is 5.41 Å². The molecule has 1 aromatic carbocycles. The Labute approximate surface area is 200 Å². The highest BCUT2D eigenvalue weighted by molar-refractivity contribution is 5.74. The topological polar surface area (TPSA) is 73.6 Å². The average Bonchev–Trinajstić information content (AvgIpc) is 3.29. The number of ether oxygens (including phenoxy) is 2. The van der Waals surface area contributed by atoms with Crippen LogP contribution >= 0.6 is 0 Å². The van der Waals surface area contributed by atoms with Gasteiger partial charge in [-0.2, -0.15) is 13.2 Å². The number of aromatic nitrogens is 2. The van der Waals surface area contributed by atoms with Gasteiger partial charge in [0.1, 0.15) is 17.5 Å². The monoisotopic (exact) mass is 488 g/mol. The number of benzene rings is 1. The van der Waals surface area contributed by atoms with Gasteiger partial charge in [-0.15, -0.1) is 0 Å². The Morgan fingerprint density at radius 2 is 1.86 bits per heavy atom. The molecule has 3 aromatic rings. The van der Waals surface area contributed by atoms with Crippen LogP contribution in [0.3, 0.4) is 0 Å². The van der Waals surface area contributed by atoms with Crippen LogP contribution in [-0.2, 0) is 22.4 Å². The number of halogens is 3. The molecule has 35 heavy (non-hydrogen) atoms. The molecular weight excluding hydrogens is 461 g/mol. The van der Waals surface area contributed by atoms with Crippen LogP contribution in [0.2, 0.25) is 0 Å². The molecule has 1 aliphatic heterocycles. The molecule has 2 unspecified atom stereocenters. The number of allylic oxidation sites excluding steroid dienone is 1. The smallest absolute Gasteiger partial charge is 0.418 e. The van der Waals surface area contributed by atoms with Crippen molar-refractivity contribution in [3.05, 3.63) is 88.2 Å². The molecule has 186 valence electrons. The fourth-order valence-electron chi connectivity index (χ4n) is 4.78. The van der Waals surface area contributed by atoms with Gasteiger partial charge >= 0.3 is 6.18 Å². The van der Waals surface area contributed by atoms with Crippen molar-refractivity contribution in [1.82, 2.24) is 9.55 Å². The van der Waals surface area contributed by atoms with Crippen LogP contribution in [0.1, 0.15) is 30.9 Å². The number of fused-ring (bicyclic) bond motifs is 1. The fourth-order valence-corrected chi connectivity index (χ4v) is 4.78. The summed E-state index contributed by atoms with van der Waals surface area (Å²) in [5.74, 6) is 0.432. The summed E-state index contributed by atoms with van der Waals surface area (Å²) in [6.07, 6.45) is -0.972. The van der Waals surface area contributed by atoms with Crippen molar-refractivity contribution < 1.29 is 27.8 Å². The van der Waals surface area contributed by atoms with Gasteiger partial charge in [-0.25, -0.2) is 0 Å². The second-order valence-corrected chi connectivity index (χ2v) is 9.51. The summed E-state index contributed by atoms with van der Waals surface area (Å²) >= 11 is 0. The van der Waals surface area contributed by atoms with Crippen molar-refractivity contribution in [2.45, 2.75) is 51.4 Å². The molecule has 0 saturated heterocycles. The van der Waals surface area contributed by atoms with Gasteiger partial charge < -0.3 is 19.1 Å². The van der Waals surface area contributed by atoms with Crippen LogP contribution in [-0.4, -0.2) is 33.2 Å². The third-order valence-corrected chi connectivity index (χ3v) is 6.30. The van der Waals surface area contributed by atoms with E-state index >= 15 is 0 Å². The lowest BCUT2D eigenvalue weighted by Crippen LogP contribution is -2.52. The molecule has 6 nitrogen and oxygen atoms in total. The minimum Gasteiger partial charge on any atom is -0.462 e. The molecule has 0 fully saturated rings. The van der Waals surface area contributed by atoms with Crippen LogP contribution in [0.4, 0.5) is 13.2 Å². The Bertz CT molecular complexity index is 1290. The number of alkyl halides is 3. The first-order valence-corrected chi connectivity index (χ1v) is 11.2. The lowest BCUT2D eigenvalue weighted by molar-refractivity contribution is -0.275. The van der Waals surface area contributed by atoms with Crippen molar-refractivity contribution >= 4 is 11.0 Å². The van der Waals surface area contributed by atoms with E-state index in [1.54, 1.807) is 13.0 Å². The summed E-state index contributed by atoms with van der Waals surface area (Å²) in [5, 5.41) is 11.3. The molecule has 0 aliphatic carbocycles. The highest BCUT2D eigenvalue weighted by atomic mass is 19.4.